The number of nitrogens with zero attached hydrogens (tertiary/aromatic N) is 2. The monoisotopic (exact) mass is 310 g/mol. The molecule has 0 spiro atoms. The van der Waals surface area contributed by atoms with E-state index in [9.17, 15) is 9.59 Å². The summed E-state index contributed by atoms with van der Waals surface area (Å²) in [5, 5.41) is 0. The van der Waals surface area contributed by atoms with Gasteiger partial charge in [0, 0.05) is 31.9 Å². The lowest BCUT2D eigenvalue weighted by atomic mass is 9.95. The Bertz CT molecular complexity index is 737. The number of rotatable bonds is 3. The van der Waals surface area contributed by atoms with Gasteiger partial charge in [0.15, 0.2) is 0 Å². The van der Waals surface area contributed by atoms with Crippen molar-refractivity contribution in [3.8, 4) is 0 Å². The molecule has 2 heterocycles. The Kier molecular flexibility index (Phi) is 4.60. The van der Waals surface area contributed by atoms with Crippen molar-refractivity contribution in [1.29, 1.82) is 0 Å². The van der Waals surface area contributed by atoms with Crippen LogP contribution in [0.2, 0.25) is 0 Å². The molecule has 0 unspecified atom stereocenters. The summed E-state index contributed by atoms with van der Waals surface area (Å²) in [6, 6.07) is 13.7. The van der Waals surface area contributed by atoms with Crippen LogP contribution in [0.5, 0.6) is 0 Å². The van der Waals surface area contributed by atoms with Crippen LogP contribution in [0, 0.1) is 0 Å². The molecular weight excluding hydrogens is 288 g/mol. The Morgan fingerprint density at radius 1 is 1.13 bits per heavy atom. The SMILES string of the molecule is Cn1cc(C(=O)N2CCCC[C@@H]2Cc2ccccc2)ccc1=O. The van der Waals surface area contributed by atoms with Crippen molar-refractivity contribution >= 4 is 5.91 Å². The van der Waals surface area contributed by atoms with Crippen molar-refractivity contribution in [2.24, 2.45) is 7.05 Å². The van der Waals surface area contributed by atoms with E-state index in [0.717, 1.165) is 32.2 Å². The summed E-state index contributed by atoms with van der Waals surface area (Å²) >= 11 is 0. The van der Waals surface area contributed by atoms with Crippen molar-refractivity contribution < 1.29 is 4.79 Å². The van der Waals surface area contributed by atoms with E-state index < -0.39 is 0 Å². The highest BCUT2D eigenvalue weighted by atomic mass is 16.2. The van der Waals surface area contributed by atoms with Crippen LogP contribution in [0.1, 0.15) is 35.2 Å². The summed E-state index contributed by atoms with van der Waals surface area (Å²) in [6.07, 6.45) is 5.76. The van der Waals surface area contributed by atoms with E-state index in [1.807, 2.05) is 23.1 Å². The quantitative estimate of drug-likeness (QED) is 0.874. The second-order valence-electron chi connectivity index (χ2n) is 6.20. The fraction of sp³-hybridized carbons (Fsp3) is 0.368. The summed E-state index contributed by atoms with van der Waals surface area (Å²) in [6.45, 7) is 0.791. The minimum atomic E-state index is -0.0963. The zero-order valence-corrected chi connectivity index (χ0v) is 13.4. The number of aromatic nitrogens is 1. The molecule has 1 aromatic heterocycles. The van der Waals surface area contributed by atoms with Gasteiger partial charge in [0.05, 0.1) is 5.56 Å². The zero-order chi connectivity index (χ0) is 16.2. The third kappa shape index (κ3) is 3.52. The maximum atomic E-state index is 12.9. The van der Waals surface area contributed by atoms with Gasteiger partial charge in [0.1, 0.15) is 0 Å². The minimum absolute atomic E-state index is 0.0289. The summed E-state index contributed by atoms with van der Waals surface area (Å²) in [5.41, 5.74) is 1.76. The van der Waals surface area contributed by atoms with E-state index in [0.29, 0.717) is 5.56 Å². The topological polar surface area (TPSA) is 42.3 Å². The number of benzene rings is 1. The van der Waals surface area contributed by atoms with E-state index in [1.54, 1.807) is 19.3 Å². The predicted molar refractivity (Wildman–Crippen MR) is 90.5 cm³/mol. The third-order valence-electron chi connectivity index (χ3n) is 4.53. The Labute approximate surface area is 136 Å². The molecule has 0 saturated carbocycles. The number of carbonyl (C=O) groups excluding carboxylic acids is 1. The molecule has 120 valence electrons. The molecule has 4 nitrogen and oxygen atoms in total. The maximum absolute atomic E-state index is 12.9. The van der Waals surface area contributed by atoms with Crippen LogP contribution in [-0.4, -0.2) is 28.0 Å². The van der Waals surface area contributed by atoms with Gasteiger partial charge in [-0.2, -0.15) is 0 Å². The molecule has 1 atom stereocenters. The number of hydrogen-bond donors (Lipinski definition) is 0. The Morgan fingerprint density at radius 3 is 2.65 bits per heavy atom. The molecule has 1 amide bonds. The van der Waals surface area contributed by atoms with E-state index in [4.69, 9.17) is 0 Å². The standard InChI is InChI=1S/C19H22N2O2/c1-20-14-16(10-11-18(20)22)19(23)21-12-6-5-9-17(21)13-15-7-3-2-4-8-15/h2-4,7-8,10-11,14,17H,5-6,9,12-13H2,1H3/t17-/m1/s1. The second kappa shape index (κ2) is 6.82. The van der Waals surface area contributed by atoms with Crippen LogP contribution < -0.4 is 5.56 Å². The van der Waals surface area contributed by atoms with Crippen molar-refractivity contribution in [3.05, 3.63) is 70.1 Å². The summed E-state index contributed by atoms with van der Waals surface area (Å²) in [4.78, 5) is 26.4. The number of piperidine rings is 1. The fourth-order valence-electron chi connectivity index (χ4n) is 3.25. The van der Waals surface area contributed by atoms with Crippen molar-refractivity contribution in [3.63, 3.8) is 0 Å². The van der Waals surface area contributed by atoms with Crippen LogP contribution in [0.3, 0.4) is 0 Å². The van der Waals surface area contributed by atoms with Gasteiger partial charge in [-0.05, 0) is 37.3 Å². The molecule has 1 aliphatic rings. The molecule has 0 bridgehead atoms. The molecule has 0 aliphatic carbocycles. The van der Waals surface area contributed by atoms with Crippen LogP contribution in [-0.2, 0) is 13.5 Å². The lowest BCUT2D eigenvalue weighted by Crippen LogP contribution is -2.45. The predicted octanol–water partition coefficient (Wildman–Crippen LogP) is 2.62. The highest BCUT2D eigenvalue weighted by Gasteiger charge is 2.27. The first kappa shape index (κ1) is 15.5. The molecule has 23 heavy (non-hydrogen) atoms. The molecule has 1 aromatic carbocycles. The van der Waals surface area contributed by atoms with Crippen LogP contribution in [0.4, 0.5) is 0 Å². The Hall–Kier alpha value is -2.36. The summed E-state index contributed by atoms with van der Waals surface area (Å²) in [5.74, 6) is 0.0289. The van der Waals surface area contributed by atoms with E-state index >= 15 is 0 Å². The minimum Gasteiger partial charge on any atom is -0.335 e. The number of aryl methyl sites for hydroxylation is 1. The smallest absolute Gasteiger partial charge is 0.255 e. The van der Waals surface area contributed by atoms with Crippen molar-refractivity contribution in [2.75, 3.05) is 6.54 Å². The first-order valence-corrected chi connectivity index (χ1v) is 8.17. The Balaban J connectivity index is 1.81. The van der Waals surface area contributed by atoms with Gasteiger partial charge in [-0.3, -0.25) is 9.59 Å². The molecule has 0 N–H and O–H groups in total. The first-order valence-electron chi connectivity index (χ1n) is 8.17. The second-order valence-corrected chi connectivity index (χ2v) is 6.20. The van der Waals surface area contributed by atoms with E-state index in [2.05, 4.69) is 12.1 Å². The highest BCUT2D eigenvalue weighted by molar-refractivity contribution is 5.94. The maximum Gasteiger partial charge on any atom is 0.255 e. The summed E-state index contributed by atoms with van der Waals surface area (Å²) in [7, 11) is 1.68. The Morgan fingerprint density at radius 2 is 1.91 bits per heavy atom. The van der Waals surface area contributed by atoms with Gasteiger partial charge in [-0.25, -0.2) is 0 Å². The fourth-order valence-corrected chi connectivity index (χ4v) is 3.25. The average molecular weight is 310 g/mol. The molecular formula is C19H22N2O2. The largest absolute Gasteiger partial charge is 0.335 e. The van der Waals surface area contributed by atoms with Gasteiger partial charge in [-0.1, -0.05) is 30.3 Å². The molecule has 0 radical (unpaired) electrons. The highest BCUT2D eigenvalue weighted by Crippen LogP contribution is 2.22. The van der Waals surface area contributed by atoms with Crippen molar-refractivity contribution in [1.82, 2.24) is 9.47 Å². The van der Waals surface area contributed by atoms with Crippen molar-refractivity contribution in [2.45, 2.75) is 31.7 Å². The average Bonchev–Trinajstić information content (AvgIpc) is 2.58. The normalized spacial score (nSPS) is 18.0. The van der Waals surface area contributed by atoms with Gasteiger partial charge in [0.25, 0.3) is 5.91 Å². The van der Waals surface area contributed by atoms with Crippen LogP contribution in [0.25, 0.3) is 0 Å². The van der Waals surface area contributed by atoms with Gasteiger partial charge < -0.3 is 9.47 Å². The third-order valence-corrected chi connectivity index (χ3v) is 4.53. The molecule has 1 aliphatic heterocycles. The number of likely N-dealkylation sites (tertiary alicyclic amines) is 1. The molecule has 4 heteroatoms. The molecule has 3 rings (SSSR count). The number of pyridine rings is 1. The number of carbonyl (C=O) groups is 1. The first-order chi connectivity index (χ1) is 11.1. The number of hydrogen-bond acceptors (Lipinski definition) is 2. The van der Waals surface area contributed by atoms with Gasteiger partial charge >= 0.3 is 0 Å². The van der Waals surface area contributed by atoms with Crippen LogP contribution >= 0.6 is 0 Å². The number of amides is 1. The zero-order valence-electron chi connectivity index (χ0n) is 13.4. The lowest BCUT2D eigenvalue weighted by molar-refractivity contribution is 0.0612. The van der Waals surface area contributed by atoms with Gasteiger partial charge in [0.2, 0.25) is 5.56 Å². The lowest BCUT2D eigenvalue weighted by Gasteiger charge is -2.36. The molecule has 2 aromatic rings. The molecule has 1 saturated heterocycles. The van der Waals surface area contributed by atoms with E-state index in [-0.39, 0.29) is 17.5 Å². The van der Waals surface area contributed by atoms with Gasteiger partial charge in [-0.15, -0.1) is 0 Å². The summed E-state index contributed by atoms with van der Waals surface area (Å²) < 4.78 is 1.46. The van der Waals surface area contributed by atoms with Crippen LogP contribution in [0.15, 0.2) is 53.5 Å². The molecule has 1 fully saturated rings. The van der Waals surface area contributed by atoms with E-state index in [1.165, 1.54) is 16.2 Å².